The maximum Gasteiger partial charge on any atom is 0.416 e. The molecule has 134 valence electrons. The van der Waals surface area contributed by atoms with E-state index in [1.165, 1.54) is 48.3 Å². The van der Waals surface area contributed by atoms with Crippen LogP contribution in [0.5, 0.6) is 5.75 Å². The third-order valence-corrected chi connectivity index (χ3v) is 3.50. The van der Waals surface area contributed by atoms with E-state index in [9.17, 15) is 22.4 Å². The molecule has 0 spiro atoms. The molecule has 2 aromatic rings. The largest absolute Gasteiger partial charge is 0.493 e. The van der Waals surface area contributed by atoms with Crippen LogP contribution in [0.3, 0.4) is 0 Å². The SMILES string of the molecule is CN(Cc1cccc(C(F)(F)F)c1)C(=O)CCOc1ccc(F)cc1. The molecule has 0 aromatic heterocycles. The molecule has 0 radical (unpaired) electrons. The zero-order valence-electron chi connectivity index (χ0n) is 13.5. The molecule has 0 aliphatic heterocycles. The Morgan fingerprint density at radius 3 is 2.44 bits per heavy atom. The average molecular weight is 355 g/mol. The molecule has 3 nitrogen and oxygen atoms in total. The van der Waals surface area contributed by atoms with Gasteiger partial charge in [0.25, 0.3) is 0 Å². The van der Waals surface area contributed by atoms with Crippen molar-refractivity contribution in [3.05, 3.63) is 65.5 Å². The summed E-state index contributed by atoms with van der Waals surface area (Å²) in [5, 5.41) is 0. The Balaban J connectivity index is 1.85. The number of halogens is 4. The van der Waals surface area contributed by atoms with Crippen molar-refractivity contribution >= 4 is 5.91 Å². The van der Waals surface area contributed by atoms with Crippen molar-refractivity contribution in [2.75, 3.05) is 13.7 Å². The normalized spacial score (nSPS) is 11.2. The van der Waals surface area contributed by atoms with E-state index in [1.807, 2.05) is 0 Å². The molecule has 0 saturated heterocycles. The van der Waals surface area contributed by atoms with E-state index in [1.54, 1.807) is 0 Å². The van der Waals surface area contributed by atoms with Crippen LogP contribution in [0.1, 0.15) is 17.5 Å². The number of carbonyl (C=O) groups is 1. The highest BCUT2D eigenvalue weighted by Crippen LogP contribution is 2.29. The number of hydrogen-bond donors (Lipinski definition) is 0. The molecule has 0 aliphatic carbocycles. The fourth-order valence-electron chi connectivity index (χ4n) is 2.19. The minimum absolute atomic E-state index is 0.0623. The van der Waals surface area contributed by atoms with Crippen LogP contribution in [-0.2, 0) is 17.5 Å². The van der Waals surface area contributed by atoms with E-state index >= 15 is 0 Å². The molecule has 0 atom stereocenters. The van der Waals surface area contributed by atoms with Crippen LogP contribution < -0.4 is 4.74 Å². The summed E-state index contributed by atoms with van der Waals surface area (Å²) in [6, 6.07) is 10.3. The van der Waals surface area contributed by atoms with Crippen LogP contribution >= 0.6 is 0 Å². The fourth-order valence-corrected chi connectivity index (χ4v) is 2.19. The van der Waals surface area contributed by atoms with Crippen molar-refractivity contribution < 1.29 is 27.1 Å². The van der Waals surface area contributed by atoms with Gasteiger partial charge in [0, 0.05) is 13.6 Å². The molecule has 2 aromatic carbocycles. The lowest BCUT2D eigenvalue weighted by Crippen LogP contribution is -2.27. The van der Waals surface area contributed by atoms with Crippen LogP contribution in [0, 0.1) is 5.82 Å². The number of amides is 1. The zero-order valence-corrected chi connectivity index (χ0v) is 13.5. The molecule has 2 rings (SSSR count). The van der Waals surface area contributed by atoms with Crippen LogP contribution in [0.25, 0.3) is 0 Å². The Bertz CT molecular complexity index is 714. The highest BCUT2D eigenvalue weighted by atomic mass is 19.4. The second-order valence-electron chi connectivity index (χ2n) is 5.50. The summed E-state index contributed by atoms with van der Waals surface area (Å²) in [4.78, 5) is 13.4. The first-order chi connectivity index (χ1) is 11.8. The summed E-state index contributed by atoms with van der Waals surface area (Å²) in [5.74, 6) is -0.210. The highest BCUT2D eigenvalue weighted by molar-refractivity contribution is 5.76. The lowest BCUT2D eigenvalue weighted by Gasteiger charge is -2.18. The van der Waals surface area contributed by atoms with Crippen molar-refractivity contribution in [2.45, 2.75) is 19.1 Å². The molecule has 0 fully saturated rings. The Kier molecular flexibility index (Phi) is 6.01. The molecule has 1 amide bonds. The molecule has 0 heterocycles. The molecule has 0 saturated carbocycles. The Morgan fingerprint density at radius 2 is 1.80 bits per heavy atom. The van der Waals surface area contributed by atoms with E-state index < -0.39 is 11.7 Å². The van der Waals surface area contributed by atoms with Gasteiger partial charge >= 0.3 is 6.18 Å². The number of hydrogen-bond acceptors (Lipinski definition) is 2. The summed E-state index contributed by atoms with van der Waals surface area (Å²) in [7, 11) is 1.51. The maximum absolute atomic E-state index is 12.8. The molecule has 0 unspecified atom stereocenters. The van der Waals surface area contributed by atoms with Crippen LogP contribution in [0.15, 0.2) is 48.5 Å². The minimum atomic E-state index is -4.42. The third-order valence-electron chi connectivity index (χ3n) is 3.50. The quantitative estimate of drug-likeness (QED) is 0.724. The second-order valence-corrected chi connectivity index (χ2v) is 5.50. The standard InChI is InChI=1S/C18H17F4NO2/c1-23(12-13-3-2-4-14(11-13)18(20,21)22)17(24)9-10-25-16-7-5-15(19)6-8-16/h2-8,11H,9-10,12H2,1H3. The molecule has 0 bridgehead atoms. The van der Waals surface area contributed by atoms with E-state index in [0.29, 0.717) is 11.3 Å². The van der Waals surface area contributed by atoms with Gasteiger partial charge in [-0.15, -0.1) is 0 Å². The van der Waals surface area contributed by atoms with Crippen LogP contribution in [-0.4, -0.2) is 24.5 Å². The zero-order chi connectivity index (χ0) is 18.4. The molecule has 0 N–H and O–H groups in total. The predicted octanol–water partition coefficient (Wildman–Crippen LogP) is 4.27. The molecule has 0 aliphatic rings. The van der Waals surface area contributed by atoms with Gasteiger partial charge in [-0.2, -0.15) is 13.2 Å². The summed E-state index contributed by atoms with van der Waals surface area (Å²) in [6.45, 7) is 0.163. The smallest absolute Gasteiger partial charge is 0.416 e. The van der Waals surface area contributed by atoms with Gasteiger partial charge in [-0.1, -0.05) is 12.1 Å². The second kappa shape index (κ2) is 8.00. The van der Waals surface area contributed by atoms with E-state index in [0.717, 1.165) is 12.1 Å². The van der Waals surface area contributed by atoms with Gasteiger partial charge < -0.3 is 9.64 Å². The summed E-state index contributed by atoms with van der Waals surface area (Å²) >= 11 is 0. The highest BCUT2D eigenvalue weighted by Gasteiger charge is 2.30. The fraction of sp³-hybridized carbons (Fsp3) is 0.278. The van der Waals surface area contributed by atoms with E-state index in [4.69, 9.17) is 4.74 Å². The summed E-state index contributed by atoms with van der Waals surface area (Å²) in [6.07, 6.45) is -4.35. The number of ether oxygens (including phenoxy) is 1. The molecule has 25 heavy (non-hydrogen) atoms. The number of benzene rings is 2. The first-order valence-corrected chi connectivity index (χ1v) is 7.54. The van der Waals surface area contributed by atoms with E-state index in [-0.39, 0.29) is 31.3 Å². The van der Waals surface area contributed by atoms with Crippen molar-refractivity contribution in [1.82, 2.24) is 4.90 Å². The number of nitrogens with zero attached hydrogens (tertiary/aromatic N) is 1. The van der Waals surface area contributed by atoms with E-state index in [2.05, 4.69) is 0 Å². The van der Waals surface area contributed by atoms with Gasteiger partial charge in [-0.05, 0) is 42.0 Å². The van der Waals surface area contributed by atoms with Gasteiger partial charge in [0.2, 0.25) is 5.91 Å². The van der Waals surface area contributed by atoms with Crippen molar-refractivity contribution in [3.8, 4) is 5.75 Å². The lowest BCUT2D eigenvalue weighted by atomic mass is 10.1. The van der Waals surface area contributed by atoms with Crippen molar-refractivity contribution in [1.29, 1.82) is 0 Å². The maximum atomic E-state index is 12.8. The van der Waals surface area contributed by atoms with Crippen LogP contribution in [0.4, 0.5) is 17.6 Å². The van der Waals surface area contributed by atoms with Gasteiger partial charge in [-0.3, -0.25) is 4.79 Å². The minimum Gasteiger partial charge on any atom is -0.493 e. The Morgan fingerprint density at radius 1 is 1.12 bits per heavy atom. The predicted molar refractivity (Wildman–Crippen MR) is 84.4 cm³/mol. The van der Waals surface area contributed by atoms with Gasteiger partial charge in [0.1, 0.15) is 11.6 Å². The Hall–Kier alpha value is -2.57. The summed E-state index contributed by atoms with van der Waals surface area (Å²) < 4.78 is 56.2. The lowest BCUT2D eigenvalue weighted by molar-refractivity contribution is -0.137. The van der Waals surface area contributed by atoms with Crippen molar-refractivity contribution in [2.24, 2.45) is 0 Å². The molecular formula is C18H17F4NO2. The average Bonchev–Trinajstić information content (AvgIpc) is 2.56. The number of carbonyl (C=O) groups excluding carboxylic acids is 1. The molecular weight excluding hydrogens is 338 g/mol. The van der Waals surface area contributed by atoms with Crippen molar-refractivity contribution in [3.63, 3.8) is 0 Å². The number of alkyl halides is 3. The first-order valence-electron chi connectivity index (χ1n) is 7.54. The first kappa shape index (κ1) is 18.8. The third kappa shape index (κ3) is 5.77. The monoisotopic (exact) mass is 355 g/mol. The summed E-state index contributed by atoms with van der Waals surface area (Å²) in [5.41, 5.74) is -0.351. The van der Waals surface area contributed by atoms with Crippen LogP contribution in [0.2, 0.25) is 0 Å². The Labute approximate surface area is 142 Å². The van der Waals surface area contributed by atoms with Gasteiger partial charge in [-0.25, -0.2) is 4.39 Å². The molecule has 7 heteroatoms. The van der Waals surface area contributed by atoms with Gasteiger partial charge in [0.05, 0.1) is 18.6 Å². The topological polar surface area (TPSA) is 29.5 Å². The number of rotatable bonds is 6. The van der Waals surface area contributed by atoms with Gasteiger partial charge in [0.15, 0.2) is 0 Å².